The van der Waals surface area contributed by atoms with Gasteiger partial charge in [-0.3, -0.25) is 14.4 Å². The summed E-state index contributed by atoms with van der Waals surface area (Å²) < 4.78 is 80.7. The number of nitrogens with one attached hydrogen (secondary N) is 1. The second-order valence-electron chi connectivity index (χ2n) is 6.30. The van der Waals surface area contributed by atoms with Gasteiger partial charge in [-0.25, -0.2) is 0 Å². The number of ketones is 1. The number of fused-ring (bicyclic) bond motifs is 1. The third-order valence-corrected chi connectivity index (χ3v) is 4.20. The summed E-state index contributed by atoms with van der Waals surface area (Å²) >= 11 is 0. The zero-order chi connectivity index (χ0) is 29.2. The Bertz CT molecular complexity index is 1120. The monoisotopic (exact) mass is 384 g/mol. The molecule has 2 N–H and O–H groups in total. The molecule has 2 unspecified atom stereocenters. The van der Waals surface area contributed by atoms with Crippen molar-refractivity contribution in [3.63, 3.8) is 0 Å². The number of aliphatic hydroxyl groups is 1. The van der Waals surface area contributed by atoms with Crippen molar-refractivity contribution in [1.82, 2.24) is 10.2 Å². The van der Waals surface area contributed by atoms with Crippen LogP contribution in [0.1, 0.15) is 64.9 Å². The van der Waals surface area contributed by atoms with E-state index in [1.165, 1.54) is 24.3 Å². The Morgan fingerprint density at radius 3 is 2.81 bits per heavy atom. The first-order valence-corrected chi connectivity index (χ1v) is 8.26. The maximum atomic E-state index is 13.4. The number of hydrogen-bond acceptors (Lipinski definition) is 4. The first-order valence-electron chi connectivity index (χ1n) is 13.3. The third-order valence-electron chi connectivity index (χ3n) is 4.20. The van der Waals surface area contributed by atoms with Crippen LogP contribution in [-0.4, -0.2) is 46.7 Å². The van der Waals surface area contributed by atoms with Gasteiger partial charge in [-0.2, -0.15) is 0 Å². The summed E-state index contributed by atoms with van der Waals surface area (Å²) in [6.07, 6.45) is -7.28. The minimum absolute atomic E-state index is 0.230. The average molecular weight is 385 g/mol. The van der Waals surface area contributed by atoms with Gasteiger partial charge in [0.05, 0.1) is 4.11 Å². The van der Waals surface area contributed by atoms with E-state index in [0.717, 1.165) is 20.9 Å². The standard InChI is InChI=1S/C21H30N2O4/c1-12(2)19(25)17(24)10-13(3)20(26)22-18-16-9-7-6-8-15(16)11-14(4)23(5)21(18)27/h6-9,12-14,18-19,25H,10-11H2,1-5H3,(H,22,26)/t13-,14?,18+,19+/m1/s1/i1D3,11D2,12D,13D,14D,18D,19D/t12?,13-,14?,18+,19+. The van der Waals surface area contributed by atoms with Gasteiger partial charge in [0.25, 0.3) is 0 Å². The Hall–Kier alpha value is -2.21. The molecule has 0 aromatic heterocycles. The summed E-state index contributed by atoms with van der Waals surface area (Å²) in [5.41, 5.74) is -0.534. The molecule has 1 aromatic rings. The molecule has 1 aromatic carbocycles. The van der Waals surface area contributed by atoms with E-state index >= 15 is 0 Å². The van der Waals surface area contributed by atoms with E-state index < -0.39 is 67.1 Å². The predicted octanol–water partition coefficient (Wildman–Crippen LogP) is 1.86. The summed E-state index contributed by atoms with van der Waals surface area (Å²) in [6.45, 7) is -0.622. The van der Waals surface area contributed by atoms with Crippen LogP contribution in [0.25, 0.3) is 0 Å². The summed E-state index contributed by atoms with van der Waals surface area (Å²) in [4.78, 5) is 39.9. The SMILES string of the molecule is [2H]C([2H])([2H])C([2H])(C)[C@]([2H])(O)C(=O)C[C@@]([2H])(C)C(=O)N[C@]1([2H])C(=O)N(C)C([2H])(C)C([2H])([2H])c2ccccc21. The highest BCUT2D eigenvalue weighted by Crippen LogP contribution is 2.27. The number of benzene rings is 1. The Kier molecular flexibility index (Phi) is 3.51. The van der Waals surface area contributed by atoms with Crippen molar-refractivity contribution in [3.05, 3.63) is 35.4 Å². The van der Waals surface area contributed by atoms with E-state index in [1.807, 2.05) is 0 Å². The van der Waals surface area contributed by atoms with E-state index in [1.54, 1.807) is 0 Å². The molecule has 1 heterocycles. The van der Waals surface area contributed by atoms with Gasteiger partial charge in [0, 0.05) is 35.0 Å². The van der Waals surface area contributed by atoms with Gasteiger partial charge >= 0.3 is 0 Å². The van der Waals surface area contributed by atoms with Gasteiger partial charge < -0.3 is 15.3 Å². The quantitative estimate of drug-likeness (QED) is 0.784. The molecule has 0 bridgehead atoms. The van der Waals surface area contributed by atoms with Gasteiger partial charge in [0.1, 0.15) is 12.1 Å². The lowest BCUT2D eigenvalue weighted by Crippen LogP contribution is -2.44. The van der Waals surface area contributed by atoms with Crippen molar-refractivity contribution < 1.29 is 33.2 Å². The van der Waals surface area contributed by atoms with E-state index in [9.17, 15) is 19.5 Å². The van der Waals surface area contributed by atoms with Crippen LogP contribution >= 0.6 is 0 Å². The molecule has 0 aliphatic carbocycles. The van der Waals surface area contributed by atoms with E-state index in [4.69, 9.17) is 13.7 Å². The fourth-order valence-corrected chi connectivity index (χ4v) is 2.48. The van der Waals surface area contributed by atoms with Gasteiger partial charge in [0.2, 0.25) is 11.8 Å². The number of likely N-dealkylation sites (N-methyl/N-ethyl adjacent to an activating group) is 1. The maximum absolute atomic E-state index is 13.4. The lowest BCUT2D eigenvalue weighted by molar-refractivity contribution is -0.138. The Labute approximate surface area is 175 Å². The molecule has 0 radical (unpaired) electrons. The van der Waals surface area contributed by atoms with Crippen LogP contribution in [0.2, 0.25) is 0 Å². The van der Waals surface area contributed by atoms with E-state index in [0.29, 0.717) is 11.8 Å². The molecule has 0 fully saturated rings. The molecule has 27 heavy (non-hydrogen) atoms. The van der Waals surface area contributed by atoms with Crippen LogP contribution in [0.4, 0.5) is 0 Å². The number of carbonyl (C=O) groups is 3. The Morgan fingerprint density at radius 2 is 2.15 bits per heavy atom. The highest BCUT2D eigenvalue weighted by Gasteiger charge is 2.34. The smallest absolute Gasteiger partial charge is 0.249 e. The largest absolute Gasteiger partial charge is 0.385 e. The van der Waals surface area contributed by atoms with Crippen molar-refractivity contribution in [2.24, 2.45) is 11.8 Å². The lowest BCUT2D eigenvalue weighted by Gasteiger charge is -2.26. The molecule has 6 heteroatoms. The zero-order valence-corrected chi connectivity index (χ0v) is 15.6. The van der Waals surface area contributed by atoms with Crippen LogP contribution in [-0.2, 0) is 20.8 Å². The second kappa shape index (κ2) is 8.65. The molecule has 2 rings (SSSR count). The number of Topliss-reactive ketones (excluding diaryl/α,β-unsaturated/α-hetero) is 1. The van der Waals surface area contributed by atoms with E-state index in [2.05, 4.69) is 5.32 Å². The molecular formula is C21H30N2O4. The van der Waals surface area contributed by atoms with Crippen molar-refractivity contribution in [1.29, 1.82) is 0 Å². The first kappa shape index (κ1) is 11.0. The minimum Gasteiger partial charge on any atom is -0.385 e. The van der Waals surface area contributed by atoms with Crippen LogP contribution in [0.15, 0.2) is 24.3 Å². The topological polar surface area (TPSA) is 86.7 Å². The number of amides is 2. The molecule has 2 amide bonds. The fourth-order valence-electron chi connectivity index (χ4n) is 2.48. The fraction of sp³-hybridized carbons (Fsp3) is 0.571. The van der Waals surface area contributed by atoms with Crippen LogP contribution < -0.4 is 5.32 Å². The molecule has 1 aliphatic rings. The van der Waals surface area contributed by atoms with Crippen LogP contribution in [0.5, 0.6) is 0 Å². The molecular weight excluding hydrogens is 344 g/mol. The summed E-state index contributed by atoms with van der Waals surface area (Å²) in [5.74, 6) is -9.80. The van der Waals surface area contributed by atoms with Gasteiger partial charge in [-0.1, -0.05) is 45.0 Å². The maximum Gasteiger partial charge on any atom is 0.249 e. The molecule has 6 nitrogen and oxygen atoms in total. The van der Waals surface area contributed by atoms with Crippen molar-refractivity contribution >= 4 is 17.6 Å². The summed E-state index contributed by atoms with van der Waals surface area (Å²) in [6, 6.07) is 0.332. The predicted molar refractivity (Wildman–Crippen MR) is 103 cm³/mol. The Balaban J connectivity index is 2.51. The van der Waals surface area contributed by atoms with Crippen molar-refractivity contribution in [2.45, 2.75) is 58.5 Å². The lowest BCUT2D eigenvalue weighted by atomic mass is 9.94. The highest BCUT2D eigenvalue weighted by atomic mass is 16.3. The second-order valence-corrected chi connectivity index (χ2v) is 6.30. The van der Waals surface area contributed by atoms with Gasteiger partial charge in [0.15, 0.2) is 5.78 Å². The zero-order valence-electron chi connectivity index (χ0n) is 25.6. The van der Waals surface area contributed by atoms with Crippen molar-refractivity contribution in [3.8, 4) is 0 Å². The van der Waals surface area contributed by atoms with Crippen molar-refractivity contribution in [2.75, 3.05) is 7.05 Å². The normalized spacial score (nSPS) is 39.7. The first-order chi connectivity index (χ1) is 16.3. The number of rotatable bonds is 6. The Morgan fingerprint density at radius 1 is 1.48 bits per heavy atom. The third kappa shape index (κ3) is 4.75. The molecule has 1 aliphatic heterocycles. The highest BCUT2D eigenvalue weighted by molar-refractivity contribution is 5.93. The average Bonchev–Trinajstić information content (AvgIpc) is 2.78. The molecule has 148 valence electrons. The summed E-state index contributed by atoms with van der Waals surface area (Å²) in [7, 11) is 1.09. The number of hydrogen-bond donors (Lipinski definition) is 2. The molecule has 0 saturated carbocycles. The van der Waals surface area contributed by atoms with Gasteiger partial charge in [-0.05, 0) is 30.3 Å². The number of carbonyl (C=O) groups excluding carboxylic acids is 3. The van der Waals surface area contributed by atoms with E-state index in [-0.39, 0.29) is 11.1 Å². The molecule has 0 spiro atoms. The number of nitrogens with zero attached hydrogens (tertiary/aromatic N) is 1. The molecule has 0 saturated heterocycles. The molecule has 5 atom stereocenters. The van der Waals surface area contributed by atoms with Crippen LogP contribution in [0, 0.1) is 11.8 Å². The minimum atomic E-state index is -3.53. The van der Waals surface area contributed by atoms with Crippen LogP contribution in [0.3, 0.4) is 0 Å². The van der Waals surface area contributed by atoms with Gasteiger partial charge in [-0.15, -0.1) is 0 Å². The summed E-state index contributed by atoms with van der Waals surface area (Å²) in [5, 5.41) is 12.4.